The van der Waals surface area contributed by atoms with Gasteiger partial charge in [0.1, 0.15) is 0 Å². The van der Waals surface area contributed by atoms with Gasteiger partial charge in [-0.2, -0.15) is 4.91 Å². The molecule has 0 aromatic carbocycles. The molecule has 3 atom stereocenters. The third kappa shape index (κ3) is 2.20. The summed E-state index contributed by atoms with van der Waals surface area (Å²) in [6.07, 6.45) is 5.74. The summed E-state index contributed by atoms with van der Waals surface area (Å²) in [7, 11) is 0. The fourth-order valence-electron chi connectivity index (χ4n) is 3.60. The van der Waals surface area contributed by atoms with E-state index in [2.05, 4.69) is 18.2 Å². The van der Waals surface area contributed by atoms with Crippen molar-refractivity contribution in [2.75, 3.05) is 13.2 Å². The van der Waals surface area contributed by atoms with Crippen molar-refractivity contribution in [2.45, 2.75) is 39.5 Å². The van der Waals surface area contributed by atoms with Crippen LogP contribution in [0.1, 0.15) is 39.5 Å². The maximum Gasteiger partial charge on any atom is 0.306 e. The number of rotatable bonds is 6. The van der Waals surface area contributed by atoms with Crippen LogP contribution in [-0.2, 0) is 9.53 Å². The van der Waals surface area contributed by atoms with E-state index in [1.807, 2.05) is 0 Å². The van der Waals surface area contributed by atoms with Crippen molar-refractivity contribution in [1.29, 1.82) is 0 Å². The molecule has 0 radical (unpaired) electrons. The van der Waals surface area contributed by atoms with Crippen molar-refractivity contribution >= 4 is 5.97 Å². The van der Waals surface area contributed by atoms with E-state index in [4.69, 9.17) is 4.74 Å². The number of ether oxygens (including phenoxy) is 1. The molecule has 1 unspecified atom stereocenters. The molecule has 0 bridgehead atoms. The molecule has 100 valence electrons. The number of carbonyl (C=O) groups excluding carboxylic acids is 1. The third-order valence-electron chi connectivity index (χ3n) is 4.46. The van der Waals surface area contributed by atoms with Crippen LogP contribution in [0.25, 0.3) is 0 Å². The Balaban J connectivity index is 2.08. The van der Waals surface area contributed by atoms with Gasteiger partial charge in [-0.1, -0.05) is 23.7 Å². The lowest BCUT2D eigenvalue weighted by molar-refractivity contribution is -0.150. The van der Waals surface area contributed by atoms with Crippen LogP contribution in [0.15, 0.2) is 16.8 Å². The largest absolute Gasteiger partial charge is 0.466 e. The quantitative estimate of drug-likeness (QED) is 0.414. The summed E-state index contributed by atoms with van der Waals surface area (Å²) in [4.78, 5) is 22.3. The second-order valence-corrected chi connectivity index (χ2v) is 5.50. The summed E-state index contributed by atoms with van der Waals surface area (Å²) in [5, 5.41) is 3.07. The number of allylic oxidation sites excluding steroid dienone is 2. The summed E-state index contributed by atoms with van der Waals surface area (Å²) >= 11 is 0. The smallest absolute Gasteiger partial charge is 0.306 e. The maximum absolute atomic E-state index is 11.7. The summed E-state index contributed by atoms with van der Waals surface area (Å²) in [5.74, 6) is 0.781. The lowest BCUT2D eigenvalue weighted by Gasteiger charge is -2.50. The van der Waals surface area contributed by atoms with Crippen molar-refractivity contribution in [3.05, 3.63) is 16.6 Å². The molecule has 1 saturated carbocycles. The summed E-state index contributed by atoms with van der Waals surface area (Å²) in [6, 6.07) is 0. The third-order valence-corrected chi connectivity index (χ3v) is 4.46. The molecule has 2 aliphatic carbocycles. The van der Waals surface area contributed by atoms with Crippen LogP contribution in [0, 0.1) is 22.2 Å². The van der Waals surface area contributed by atoms with Crippen LogP contribution in [-0.4, -0.2) is 19.1 Å². The van der Waals surface area contributed by atoms with Crippen molar-refractivity contribution in [2.24, 2.45) is 22.4 Å². The molecule has 4 heteroatoms. The van der Waals surface area contributed by atoms with Gasteiger partial charge in [0.2, 0.25) is 0 Å². The highest BCUT2D eigenvalue weighted by molar-refractivity contribution is 5.70. The van der Waals surface area contributed by atoms with Gasteiger partial charge in [0, 0.05) is 5.41 Å². The van der Waals surface area contributed by atoms with Gasteiger partial charge in [-0.25, -0.2) is 0 Å². The van der Waals surface area contributed by atoms with Gasteiger partial charge in [0.25, 0.3) is 0 Å². The molecule has 0 amide bonds. The number of nitrogens with zero attached hydrogens (tertiary/aromatic N) is 1. The first-order chi connectivity index (χ1) is 8.65. The molecule has 0 spiro atoms. The minimum Gasteiger partial charge on any atom is -0.466 e. The number of esters is 1. The summed E-state index contributed by atoms with van der Waals surface area (Å²) in [5.41, 5.74) is 1.21. The Morgan fingerprint density at radius 2 is 2.33 bits per heavy atom. The fraction of sp³-hybridized carbons (Fsp3) is 0.786. The van der Waals surface area contributed by atoms with Crippen LogP contribution in [0.3, 0.4) is 0 Å². The van der Waals surface area contributed by atoms with Crippen LogP contribution in [0.4, 0.5) is 0 Å². The zero-order chi connectivity index (χ0) is 13.2. The first kappa shape index (κ1) is 13.2. The molecule has 0 aliphatic heterocycles. The average molecular weight is 251 g/mol. The SMILES string of the molecule is CCOC(=O)CC1(CN=O)C[C@H]2CC(CC)=C[C@H]21. The van der Waals surface area contributed by atoms with Crippen molar-refractivity contribution in [3.8, 4) is 0 Å². The van der Waals surface area contributed by atoms with Gasteiger partial charge in [-0.15, -0.1) is 0 Å². The van der Waals surface area contributed by atoms with Gasteiger partial charge >= 0.3 is 5.97 Å². The molecule has 0 heterocycles. The molecule has 18 heavy (non-hydrogen) atoms. The molecular weight excluding hydrogens is 230 g/mol. The first-order valence-corrected chi connectivity index (χ1v) is 6.79. The lowest BCUT2D eigenvalue weighted by Crippen LogP contribution is -2.48. The van der Waals surface area contributed by atoms with E-state index < -0.39 is 0 Å². The van der Waals surface area contributed by atoms with Gasteiger partial charge in [-0.3, -0.25) is 4.79 Å². The second-order valence-electron chi connectivity index (χ2n) is 5.50. The Kier molecular flexibility index (Phi) is 3.83. The van der Waals surface area contributed by atoms with Crippen molar-refractivity contribution in [1.82, 2.24) is 0 Å². The van der Waals surface area contributed by atoms with Gasteiger partial charge in [-0.05, 0) is 38.0 Å². The Bertz CT molecular complexity index is 377. The van der Waals surface area contributed by atoms with E-state index in [1.165, 1.54) is 5.57 Å². The number of nitroso groups, excluding NO2 is 1. The van der Waals surface area contributed by atoms with Crippen LogP contribution in [0.5, 0.6) is 0 Å². The molecule has 1 fully saturated rings. The van der Waals surface area contributed by atoms with Crippen molar-refractivity contribution in [3.63, 3.8) is 0 Å². The van der Waals surface area contributed by atoms with E-state index in [0.29, 0.717) is 24.9 Å². The molecular formula is C14H21NO3. The minimum atomic E-state index is -0.254. The predicted molar refractivity (Wildman–Crippen MR) is 68.9 cm³/mol. The normalized spacial score (nSPS) is 33.3. The lowest BCUT2D eigenvalue weighted by atomic mass is 9.53. The Labute approximate surface area is 108 Å². The van der Waals surface area contributed by atoms with Crippen LogP contribution in [0.2, 0.25) is 0 Å². The molecule has 0 N–H and O–H groups in total. The van der Waals surface area contributed by atoms with Crippen LogP contribution < -0.4 is 0 Å². The zero-order valence-corrected chi connectivity index (χ0v) is 11.1. The summed E-state index contributed by atoms with van der Waals surface area (Å²) < 4.78 is 5.02. The van der Waals surface area contributed by atoms with Crippen LogP contribution >= 0.6 is 0 Å². The average Bonchev–Trinajstić information content (AvgIpc) is 2.67. The first-order valence-electron chi connectivity index (χ1n) is 6.79. The topological polar surface area (TPSA) is 55.7 Å². The number of hydrogen-bond acceptors (Lipinski definition) is 4. The monoisotopic (exact) mass is 251 g/mol. The molecule has 2 rings (SSSR count). The highest BCUT2D eigenvalue weighted by Gasteiger charge is 2.56. The fourth-order valence-corrected chi connectivity index (χ4v) is 3.60. The van der Waals surface area contributed by atoms with Gasteiger partial charge < -0.3 is 4.74 Å². The molecule has 0 aromatic rings. The Morgan fingerprint density at radius 3 is 2.94 bits per heavy atom. The maximum atomic E-state index is 11.7. The standard InChI is InChI=1S/C14H21NO3/c1-3-10-5-11-7-14(9-15-17,12(11)6-10)8-13(16)18-4-2/h6,11-12H,3-5,7-9H2,1-2H3/t11-,12-,14?/m1/s1. The predicted octanol–water partition coefficient (Wildman–Crippen LogP) is 3.07. The summed E-state index contributed by atoms with van der Waals surface area (Å²) in [6.45, 7) is 4.59. The molecule has 0 aromatic heterocycles. The van der Waals surface area contributed by atoms with Crippen molar-refractivity contribution < 1.29 is 9.53 Å². The highest BCUT2D eigenvalue weighted by atomic mass is 16.5. The van der Waals surface area contributed by atoms with E-state index in [1.54, 1.807) is 6.92 Å². The molecule has 0 saturated heterocycles. The van der Waals surface area contributed by atoms with Gasteiger partial charge in [0.05, 0.1) is 19.6 Å². The minimum absolute atomic E-state index is 0.196. The Hall–Kier alpha value is -1.19. The van der Waals surface area contributed by atoms with E-state index >= 15 is 0 Å². The van der Waals surface area contributed by atoms with E-state index in [0.717, 1.165) is 19.3 Å². The molecule has 2 aliphatic rings. The van der Waals surface area contributed by atoms with E-state index in [9.17, 15) is 9.70 Å². The van der Waals surface area contributed by atoms with E-state index in [-0.39, 0.29) is 17.9 Å². The number of hydrogen-bond donors (Lipinski definition) is 0. The zero-order valence-electron chi connectivity index (χ0n) is 11.1. The Morgan fingerprint density at radius 1 is 1.56 bits per heavy atom. The second kappa shape index (κ2) is 5.21. The van der Waals surface area contributed by atoms with Gasteiger partial charge in [0.15, 0.2) is 0 Å². The number of fused-ring (bicyclic) bond motifs is 1. The highest BCUT2D eigenvalue weighted by Crippen LogP contribution is 2.60. The molecule has 4 nitrogen and oxygen atoms in total. The number of carbonyl (C=O) groups is 1.